The van der Waals surface area contributed by atoms with Gasteiger partial charge in [-0.3, -0.25) is 9.69 Å². The lowest BCUT2D eigenvalue weighted by molar-refractivity contribution is 0.0636. The number of carbonyl (C=O) groups excluding carboxylic acids is 1. The average Bonchev–Trinajstić information content (AvgIpc) is 3.53. The summed E-state index contributed by atoms with van der Waals surface area (Å²) < 4.78 is 7.04. The molecule has 31 heavy (non-hydrogen) atoms. The van der Waals surface area contributed by atoms with E-state index in [1.54, 1.807) is 22.0 Å². The first-order chi connectivity index (χ1) is 15.2. The van der Waals surface area contributed by atoms with Crippen LogP contribution >= 0.6 is 11.3 Å². The van der Waals surface area contributed by atoms with Crippen molar-refractivity contribution >= 4 is 22.9 Å². The van der Waals surface area contributed by atoms with Gasteiger partial charge in [-0.1, -0.05) is 11.2 Å². The zero-order valence-electron chi connectivity index (χ0n) is 17.3. The number of nitrogens with zero attached hydrogens (tertiary/aromatic N) is 7. The Bertz CT molecular complexity index is 1180. The maximum Gasteiger partial charge on any atom is 0.259 e. The Hall–Kier alpha value is -3.11. The molecule has 0 aromatic carbocycles. The van der Waals surface area contributed by atoms with Crippen LogP contribution < -0.4 is 0 Å². The van der Waals surface area contributed by atoms with Crippen LogP contribution in [0.3, 0.4) is 0 Å². The van der Waals surface area contributed by atoms with E-state index in [1.807, 2.05) is 41.6 Å². The molecule has 1 fully saturated rings. The van der Waals surface area contributed by atoms with E-state index >= 15 is 0 Å². The normalized spacial score (nSPS) is 15.1. The van der Waals surface area contributed by atoms with E-state index in [2.05, 4.69) is 25.1 Å². The third-order valence-corrected chi connectivity index (χ3v) is 6.38. The second-order valence-corrected chi connectivity index (χ2v) is 8.52. The highest BCUT2D eigenvalue weighted by molar-refractivity contribution is 7.13. The van der Waals surface area contributed by atoms with E-state index in [4.69, 9.17) is 4.52 Å². The third kappa shape index (κ3) is 4.08. The molecule has 0 saturated carbocycles. The lowest BCUT2D eigenvalue weighted by Crippen LogP contribution is -2.49. The van der Waals surface area contributed by atoms with E-state index in [0.29, 0.717) is 41.7 Å². The second kappa shape index (κ2) is 8.56. The molecule has 1 aliphatic heterocycles. The molecule has 0 bridgehead atoms. The number of rotatable bonds is 6. The minimum Gasteiger partial charge on any atom is -0.339 e. The summed E-state index contributed by atoms with van der Waals surface area (Å²) in [7, 11) is 0. The van der Waals surface area contributed by atoms with Crippen molar-refractivity contribution in [2.75, 3.05) is 32.7 Å². The smallest absolute Gasteiger partial charge is 0.259 e. The van der Waals surface area contributed by atoms with Crippen molar-refractivity contribution < 1.29 is 9.32 Å². The van der Waals surface area contributed by atoms with Crippen LogP contribution in [0.5, 0.6) is 0 Å². The van der Waals surface area contributed by atoms with Crippen LogP contribution in [-0.4, -0.2) is 73.2 Å². The van der Waals surface area contributed by atoms with Gasteiger partial charge in [0.25, 0.3) is 5.91 Å². The first-order valence-corrected chi connectivity index (χ1v) is 11.2. The van der Waals surface area contributed by atoms with Gasteiger partial charge in [0.05, 0.1) is 10.6 Å². The molecule has 5 rings (SSSR count). The molecule has 160 valence electrons. The zero-order valence-corrected chi connectivity index (χ0v) is 18.1. The van der Waals surface area contributed by atoms with Gasteiger partial charge in [-0.2, -0.15) is 10.1 Å². The predicted molar refractivity (Wildman–Crippen MR) is 116 cm³/mol. The Labute approximate surface area is 183 Å². The molecular weight excluding hydrogens is 414 g/mol. The van der Waals surface area contributed by atoms with E-state index in [-0.39, 0.29) is 5.91 Å². The largest absolute Gasteiger partial charge is 0.339 e. The molecule has 1 aliphatic rings. The number of hydrogen-bond donors (Lipinski definition) is 0. The summed E-state index contributed by atoms with van der Waals surface area (Å²) >= 11 is 1.60. The SMILES string of the molecule is Cc1nn2cccnc2c1C(=O)N1CCN(CCCc2nc(-c3cccs3)no2)CC1. The Kier molecular flexibility index (Phi) is 5.47. The van der Waals surface area contributed by atoms with Gasteiger partial charge in [0.15, 0.2) is 5.65 Å². The lowest BCUT2D eigenvalue weighted by Gasteiger charge is -2.34. The van der Waals surface area contributed by atoms with Crippen LogP contribution in [-0.2, 0) is 6.42 Å². The Morgan fingerprint density at radius 2 is 2.10 bits per heavy atom. The fraction of sp³-hybridized carbons (Fsp3) is 0.381. The van der Waals surface area contributed by atoms with Gasteiger partial charge < -0.3 is 9.42 Å². The molecule has 0 radical (unpaired) electrons. The molecule has 9 nitrogen and oxygen atoms in total. The molecular formula is C21H23N7O2S. The van der Waals surface area contributed by atoms with Crippen molar-refractivity contribution in [2.24, 2.45) is 0 Å². The van der Waals surface area contributed by atoms with Crippen molar-refractivity contribution in [3.05, 3.63) is 53.1 Å². The van der Waals surface area contributed by atoms with Crippen molar-refractivity contribution in [3.8, 4) is 10.7 Å². The van der Waals surface area contributed by atoms with Gasteiger partial charge >= 0.3 is 0 Å². The molecule has 0 spiro atoms. The number of thiophene rings is 1. The summed E-state index contributed by atoms with van der Waals surface area (Å²) in [5.74, 6) is 1.35. The summed E-state index contributed by atoms with van der Waals surface area (Å²) in [6.07, 6.45) is 5.21. The van der Waals surface area contributed by atoms with Gasteiger partial charge in [-0.05, 0) is 37.4 Å². The molecule has 10 heteroatoms. The number of carbonyl (C=O) groups is 1. The van der Waals surface area contributed by atoms with Gasteiger partial charge in [0, 0.05) is 45.0 Å². The van der Waals surface area contributed by atoms with E-state index in [0.717, 1.165) is 37.4 Å². The van der Waals surface area contributed by atoms with Crippen molar-refractivity contribution in [2.45, 2.75) is 19.8 Å². The molecule has 0 aliphatic carbocycles. The van der Waals surface area contributed by atoms with E-state index < -0.39 is 0 Å². The van der Waals surface area contributed by atoms with Crippen LogP contribution in [0.25, 0.3) is 16.3 Å². The third-order valence-electron chi connectivity index (χ3n) is 5.52. The summed E-state index contributed by atoms with van der Waals surface area (Å²) in [4.78, 5) is 27.2. The van der Waals surface area contributed by atoms with Crippen molar-refractivity contribution in [3.63, 3.8) is 0 Å². The Balaban J connectivity index is 1.12. The lowest BCUT2D eigenvalue weighted by atomic mass is 10.2. The molecule has 0 unspecified atom stereocenters. The van der Waals surface area contributed by atoms with E-state index in [1.165, 1.54) is 0 Å². The number of piperazine rings is 1. The minimum atomic E-state index is 0.0119. The molecule has 4 aromatic heterocycles. The molecule has 4 aromatic rings. The summed E-state index contributed by atoms with van der Waals surface area (Å²) in [5.41, 5.74) is 1.94. The van der Waals surface area contributed by atoms with Crippen LogP contribution in [0.2, 0.25) is 0 Å². The standard InChI is InChI=1S/C21H23N7O2S/c1-15-18(20-22-7-4-9-28(20)24-15)21(29)27-12-10-26(11-13-27)8-2-6-17-23-19(25-30-17)16-5-3-14-31-16/h3-5,7,9,14H,2,6,8,10-13H2,1H3. The Morgan fingerprint density at radius 3 is 2.90 bits per heavy atom. The molecule has 0 atom stereocenters. The quantitative estimate of drug-likeness (QED) is 0.458. The van der Waals surface area contributed by atoms with Crippen LogP contribution in [0, 0.1) is 6.92 Å². The van der Waals surface area contributed by atoms with Crippen LogP contribution in [0.4, 0.5) is 0 Å². The average molecular weight is 438 g/mol. The first kappa shape index (κ1) is 19.8. The van der Waals surface area contributed by atoms with Crippen LogP contribution in [0.15, 0.2) is 40.5 Å². The first-order valence-electron chi connectivity index (χ1n) is 10.4. The van der Waals surface area contributed by atoms with Crippen molar-refractivity contribution in [1.82, 2.24) is 34.5 Å². The highest BCUT2D eigenvalue weighted by Gasteiger charge is 2.26. The van der Waals surface area contributed by atoms with Gasteiger partial charge in [-0.15, -0.1) is 11.3 Å². The molecule has 1 amide bonds. The number of fused-ring (bicyclic) bond motifs is 1. The zero-order chi connectivity index (χ0) is 21.2. The summed E-state index contributed by atoms with van der Waals surface area (Å²) in [6.45, 7) is 5.90. The maximum atomic E-state index is 13.1. The van der Waals surface area contributed by atoms with E-state index in [9.17, 15) is 4.79 Å². The van der Waals surface area contributed by atoms with Gasteiger partial charge in [-0.25, -0.2) is 9.50 Å². The Morgan fingerprint density at radius 1 is 1.23 bits per heavy atom. The van der Waals surface area contributed by atoms with Gasteiger partial charge in [0.2, 0.25) is 11.7 Å². The number of aromatic nitrogens is 5. The number of hydrogen-bond acceptors (Lipinski definition) is 8. The van der Waals surface area contributed by atoms with Gasteiger partial charge in [0.1, 0.15) is 5.56 Å². The number of amides is 1. The maximum absolute atomic E-state index is 13.1. The summed E-state index contributed by atoms with van der Waals surface area (Å²) in [6, 6.07) is 5.78. The highest BCUT2D eigenvalue weighted by atomic mass is 32.1. The second-order valence-electron chi connectivity index (χ2n) is 7.57. The summed E-state index contributed by atoms with van der Waals surface area (Å²) in [5, 5.41) is 10.5. The number of aryl methyl sites for hydroxylation is 2. The molecule has 1 saturated heterocycles. The fourth-order valence-electron chi connectivity index (χ4n) is 3.90. The molecule has 5 heterocycles. The minimum absolute atomic E-state index is 0.0119. The van der Waals surface area contributed by atoms with Crippen LogP contribution in [0.1, 0.15) is 28.4 Å². The topological polar surface area (TPSA) is 92.7 Å². The predicted octanol–water partition coefficient (Wildman–Crippen LogP) is 2.54. The van der Waals surface area contributed by atoms with Crippen molar-refractivity contribution in [1.29, 1.82) is 0 Å². The molecule has 0 N–H and O–H groups in total. The fourth-order valence-corrected chi connectivity index (χ4v) is 4.55. The highest BCUT2D eigenvalue weighted by Crippen LogP contribution is 2.22. The monoisotopic (exact) mass is 437 g/mol.